The van der Waals surface area contributed by atoms with Crippen LogP contribution in [0.2, 0.25) is 5.02 Å². The van der Waals surface area contributed by atoms with Crippen LogP contribution in [-0.2, 0) is 9.53 Å². The molecule has 0 aromatic heterocycles. The zero-order chi connectivity index (χ0) is 19.6. The van der Waals surface area contributed by atoms with Crippen molar-refractivity contribution < 1.29 is 14.3 Å². The number of carbonyl (C=O) groups is 1. The lowest BCUT2D eigenvalue weighted by molar-refractivity contribution is -0.149. The molecule has 1 aromatic rings. The summed E-state index contributed by atoms with van der Waals surface area (Å²) in [6.07, 6.45) is 2.47. The van der Waals surface area contributed by atoms with Gasteiger partial charge in [-0.15, -0.1) is 24.0 Å². The smallest absolute Gasteiger partial charge is 0.309 e. The summed E-state index contributed by atoms with van der Waals surface area (Å²) in [7, 11) is 1.79. The van der Waals surface area contributed by atoms with Crippen molar-refractivity contribution in [2.75, 3.05) is 39.9 Å². The molecule has 1 fully saturated rings. The first-order valence-electron chi connectivity index (χ1n) is 9.56. The van der Waals surface area contributed by atoms with Crippen LogP contribution in [0.3, 0.4) is 0 Å². The number of aliphatic imine (C=N–C) groups is 1. The maximum Gasteiger partial charge on any atom is 0.309 e. The molecule has 0 bridgehead atoms. The van der Waals surface area contributed by atoms with Crippen molar-refractivity contribution in [1.82, 2.24) is 10.2 Å². The van der Waals surface area contributed by atoms with Gasteiger partial charge in [-0.1, -0.05) is 11.6 Å². The minimum absolute atomic E-state index is 0. The Kier molecular flexibility index (Phi) is 11.6. The predicted molar refractivity (Wildman–Crippen MR) is 124 cm³/mol. The molecule has 0 aliphatic carbocycles. The molecule has 2 rings (SSSR count). The van der Waals surface area contributed by atoms with E-state index >= 15 is 0 Å². The first kappa shape index (κ1) is 24.8. The molecule has 1 heterocycles. The SMILES string of the molecule is CCOC(=O)C1CCN(C(=NC)NCCCOc2ccc(Cl)cc2C)CC1.I. The van der Waals surface area contributed by atoms with Crippen LogP contribution in [0.25, 0.3) is 0 Å². The fourth-order valence-corrected chi connectivity index (χ4v) is 3.38. The summed E-state index contributed by atoms with van der Waals surface area (Å²) < 4.78 is 10.9. The van der Waals surface area contributed by atoms with Crippen molar-refractivity contribution in [3.05, 3.63) is 28.8 Å². The summed E-state index contributed by atoms with van der Waals surface area (Å²) in [4.78, 5) is 18.4. The number of halogens is 2. The Morgan fingerprint density at radius 2 is 2.07 bits per heavy atom. The summed E-state index contributed by atoms with van der Waals surface area (Å²) in [6, 6.07) is 5.64. The number of benzene rings is 1. The summed E-state index contributed by atoms with van der Waals surface area (Å²) in [5.41, 5.74) is 1.04. The van der Waals surface area contributed by atoms with Gasteiger partial charge in [0.1, 0.15) is 5.75 Å². The van der Waals surface area contributed by atoms with Gasteiger partial charge in [-0.2, -0.15) is 0 Å². The fourth-order valence-electron chi connectivity index (χ4n) is 3.15. The highest BCUT2D eigenvalue weighted by Gasteiger charge is 2.27. The van der Waals surface area contributed by atoms with E-state index < -0.39 is 0 Å². The summed E-state index contributed by atoms with van der Waals surface area (Å²) >= 11 is 5.96. The highest BCUT2D eigenvalue weighted by Crippen LogP contribution is 2.22. The molecule has 0 spiro atoms. The maximum absolute atomic E-state index is 11.8. The largest absolute Gasteiger partial charge is 0.493 e. The number of likely N-dealkylation sites (tertiary alicyclic amines) is 1. The first-order chi connectivity index (χ1) is 13.0. The first-order valence-corrected chi connectivity index (χ1v) is 9.94. The molecule has 8 heteroatoms. The van der Waals surface area contributed by atoms with Gasteiger partial charge < -0.3 is 19.7 Å². The fraction of sp³-hybridized carbons (Fsp3) is 0.600. The van der Waals surface area contributed by atoms with Crippen molar-refractivity contribution in [3.8, 4) is 5.75 Å². The number of guanidine groups is 1. The summed E-state index contributed by atoms with van der Waals surface area (Å²) in [6.45, 7) is 7.29. The summed E-state index contributed by atoms with van der Waals surface area (Å²) in [5, 5.41) is 4.10. The zero-order valence-corrected chi connectivity index (χ0v) is 20.0. The van der Waals surface area contributed by atoms with E-state index in [1.165, 1.54) is 0 Å². The van der Waals surface area contributed by atoms with Gasteiger partial charge in [-0.05, 0) is 56.9 Å². The standard InChI is InChI=1S/C20H30ClN3O3.HI/c1-4-26-19(25)16-8-11-24(12-9-16)20(22-3)23-10-5-13-27-18-7-6-17(21)14-15(18)2;/h6-7,14,16H,4-5,8-13H2,1-3H3,(H,22,23);1H. The van der Waals surface area contributed by atoms with Gasteiger partial charge >= 0.3 is 5.97 Å². The van der Waals surface area contributed by atoms with E-state index in [1.54, 1.807) is 7.05 Å². The Balaban J connectivity index is 0.00000392. The molecular formula is C20H31ClIN3O3. The average Bonchev–Trinajstić information content (AvgIpc) is 2.66. The van der Waals surface area contributed by atoms with E-state index in [9.17, 15) is 4.79 Å². The molecule has 1 N–H and O–H groups in total. The van der Waals surface area contributed by atoms with Crippen LogP contribution in [0.5, 0.6) is 5.75 Å². The topological polar surface area (TPSA) is 63.2 Å². The Bertz CT molecular complexity index is 650. The van der Waals surface area contributed by atoms with Crippen molar-refractivity contribution in [2.45, 2.75) is 33.1 Å². The van der Waals surface area contributed by atoms with E-state index in [1.807, 2.05) is 32.0 Å². The molecule has 0 radical (unpaired) electrons. The van der Waals surface area contributed by atoms with Crippen LogP contribution in [0.15, 0.2) is 23.2 Å². The number of nitrogens with zero attached hydrogens (tertiary/aromatic N) is 2. The van der Waals surface area contributed by atoms with Crippen molar-refractivity contribution in [1.29, 1.82) is 0 Å². The maximum atomic E-state index is 11.8. The van der Waals surface area contributed by atoms with E-state index in [2.05, 4.69) is 15.2 Å². The minimum Gasteiger partial charge on any atom is -0.493 e. The normalized spacial score (nSPS) is 15.0. The number of hydrogen-bond donors (Lipinski definition) is 1. The van der Waals surface area contributed by atoms with Gasteiger partial charge in [0.25, 0.3) is 0 Å². The Hall–Kier alpha value is -1.22. The number of rotatable bonds is 7. The van der Waals surface area contributed by atoms with E-state index in [0.717, 1.165) is 61.2 Å². The quantitative estimate of drug-likeness (QED) is 0.193. The van der Waals surface area contributed by atoms with Crippen LogP contribution in [0.4, 0.5) is 0 Å². The molecule has 28 heavy (non-hydrogen) atoms. The van der Waals surface area contributed by atoms with Crippen molar-refractivity contribution in [2.24, 2.45) is 10.9 Å². The molecule has 158 valence electrons. The molecule has 6 nitrogen and oxygen atoms in total. The highest BCUT2D eigenvalue weighted by atomic mass is 127. The monoisotopic (exact) mass is 523 g/mol. The molecule has 1 aliphatic heterocycles. The van der Waals surface area contributed by atoms with E-state index in [4.69, 9.17) is 21.1 Å². The Morgan fingerprint density at radius 3 is 2.68 bits per heavy atom. The average molecular weight is 524 g/mol. The predicted octanol–water partition coefficient (Wildman–Crippen LogP) is 3.89. The lowest BCUT2D eigenvalue weighted by Gasteiger charge is -2.33. The van der Waals surface area contributed by atoms with Gasteiger partial charge in [-0.3, -0.25) is 9.79 Å². The number of carbonyl (C=O) groups excluding carboxylic acids is 1. The Labute approximate surface area is 190 Å². The minimum atomic E-state index is -0.0743. The van der Waals surface area contributed by atoms with Crippen molar-refractivity contribution >= 4 is 47.5 Å². The molecule has 0 amide bonds. The number of ether oxygens (including phenoxy) is 2. The third-order valence-electron chi connectivity index (χ3n) is 4.62. The van der Waals surface area contributed by atoms with Gasteiger partial charge in [0, 0.05) is 31.7 Å². The Morgan fingerprint density at radius 1 is 1.36 bits per heavy atom. The second-order valence-corrected chi connectivity index (χ2v) is 7.04. The van der Waals surface area contributed by atoms with Crippen LogP contribution in [0, 0.1) is 12.8 Å². The lowest BCUT2D eigenvalue weighted by atomic mass is 9.97. The molecule has 1 saturated heterocycles. The molecular weight excluding hydrogens is 493 g/mol. The van der Waals surface area contributed by atoms with E-state index in [-0.39, 0.29) is 35.9 Å². The van der Waals surface area contributed by atoms with Gasteiger partial charge in [0.2, 0.25) is 0 Å². The zero-order valence-electron chi connectivity index (χ0n) is 16.9. The number of aryl methyl sites for hydroxylation is 1. The molecule has 0 saturated carbocycles. The number of esters is 1. The van der Waals surface area contributed by atoms with E-state index in [0.29, 0.717) is 13.2 Å². The van der Waals surface area contributed by atoms with Crippen LogP contribution in [0.1, 0.15) is 31.7 Å². The second-order valence-electron chi connectivity index (χ2n) is 6.60. The van der Waals surface area contributed by atoms with Gasteiger partial charge in [0.05, 0.1) is 19.1 Å². The molecule has 0 atom stereocenters. The lowest BCUT2D eigenvalue weighted by Crippen LogP contribution is -2.47. The molecule has 1 aromatic carbocycles. The summed E-state index contributed by atoms with van der Waals surface area (Å²) in [5.74, 6) is 1.68. The van der Waals surface area contributed by atoms with Crippen LogP contribution < -0.4 is 10.1 Å². The third kappa shape index (κ3) is 7.66. The second kappa shape index (κ2) is 13.1. The molecule has 0 unspecified atom stereocenters. The van der Waals surface area contributed by atoms with Gasteiger partial charge in [0.15, 0.2) is 5.96 Å². The van der Waals surface area contributed by atoms with Crippen LogP contribution in [-0.4, -0.2) is 56.7 Å². The third-order valence-corrected chi connectivity index (χ3v) is 4.86. The molecule has 1 aliphatic rings. The van der Waals surface area contributed by atoms with Crippen LogP contribution >= 0.6 is 35.6 Å². The number of nitrogens with one attached hydrogen (secondary N) is 1. The number of hydrogen-bond acceptors (Lipinski definition) is 4. The van der Waals surface area contributed by atoms with Crippen molar-refractivity contribution in [3.63, 3.8) is 0 Å². The van der Waals surface area contributed by atoms with Gasteiger partial charge in [-0.25, -0.2) is 0 Å². The highest BCUT2D eigenvalue weighted by molar-refractivity contribution is 14.0. The number of piperidine rings is 1.